The monoisotopic (exact) mass is 426 g/mol. The van der Waals surface area contributed by atoms with E-state index in [1.165, 1.54) is 38.4 Å². The lowest BCUT2D eigenvalue weighted by Crippen LogP contribution is -2.39. The lowest BCUT2D eigenvalue weighted by atomic mass is 10.1. The normalized spacial score (nSPS) is 12.5. The molecule has 0 unspecified atom stereocenters. The van der Waals surface area contributed by atoms with Crippen LogP contribution in [0.5, 0.6) is 11.5 Å². The maximum absolute atomic E-state index is 12.6. The second-order valence-electron chi connectivity index (χ2n) is 6.11. The Morgan fingerprint density at radius 1 is 1.14 bits per heavy atom. The summed E-state index contributed by atoms with van der Waals surface area (Å²) in [5.74, 6) is 0.771. The fourth-order valence-electron chi connectivity index (χ4n) is 2.62. The molecule has 0 heterocycles. The minimum Gasteiger partial charge on any atom is -0.497 e. The molecule has 1 atom stereocenters. The molecular weight excluding hydrogens is 404 g/mol. The number of carbonyl (C=O) groups excluding carboxylic acids is 1. The molecule has 1 amide bonds. The summed E-state index contributed by atoms with van der Waals surface area (Å²) in [6, 6.07) is 10.6. The summed E-state index contributed by atoms with van der Waals surface area (Å²) in [7, 11) is 0.623. The van der Waals surface area contributed by atoms with Crippen molar-refractivity contribution in [3.63, 3.8) is 0 Å². The summed E-state index contributed by atoms with van der Waals surface area (Å²) in [6.45, 7) is 1.45. The van der Waals surface area contributed by atoms with Crippen molar-refractivity contribution in [3.05, 3.63) is 53.1 Å². The molecule has 0 fully saturated rings. The summed E-state index contributed by atoms with van der Waals surface area (Å²) in [5.41, 5.74) is 0.721. The van der Waals surface area contributed by atoms with E-state index in [4.69, 9.17) is 21.1 Å². The van der Waals surface area contributed by atoms with Gasteiger partial charge in [-0.15, -0.1) is 0 Å². The van der Waals surface area contributed by atoms with E-state index < -0.39 is 22.0 Å². The molecule has 152 valence electrons. The first-order valence-electron chi connectivity index (χ1n) is 8.42. The largest absolute Gasteiger partial charge is 0.497 e. The standard InChI is InChI=1S/C19H23ClN2O5S/c1-13(17-11-15(26-3)7-10-18(17)27-4)21-19(23)12-22(2)28(24,25)16-8-5-14(20)6-9-16/h5-11,13H,12H2,1-4H3,(H,21,23)/t13-/m1/s1. The Morgan fingerprint density at radius 2 is 1.79 bits per heavy atom. The Balaban J connectivity index is 2.10. The van der Waals surface area contributed by atoms with Crippen molar-refractivity contribution in [1.29, 1.82) is 0 Å². The van der Waals surface area contributed by atoms with E-state index in [1.807, 2.05) is 0 Å². The molecule has 0 spiro atoms. The zero-order chi connectivity index (χ0) is 20.9. The molecule has 0 aliphatic heterocycles. The number of hydrogen-bond donors (Lipinski definition) is 1. The van der Waals surface area contributed by atoms with Crippen LogP contribution < -0.4 is 14.8 Å². The van der Waals surface area contributed by atoms with Gasteiger partial charge in [-0.3, -0.25) is 4.79 Å². The van der Waals surface area contributed by atoms with Gasteiger partial charge >= 0.3 is 0 Å². The van der Waals surface area contributed by atoms with E-state index in [0.29, 0.717) is 16.5 Å². The molecule has 0 saturated heterocycles. The molecule has 28 heavy (non-hydrogen) atoms. The first kappa shape index (κ1) is 22.0. The van der Waals surface area contributed by atoms with E-state index >= 15 is 0 Å². The predicted molar refractivity (Wildman–Crippen MR) is 107 cm³/mol. The third-order valence-electron chi connectivity index (χ3n) is 4.17. The van der Waals surface area contributed by atoms with E-state index in [9.17, 15) is 13.2 Å². The molecule has 1 N–H and O–H groups in total. The molecule has 0 saturated carbocycles. The van der Waals surface area contributed by atoms with Crippen LogP contribution in [0.15, 0.2) is 47.4 Å². The number of nitrogens with one attached hydrogen (secondary N) is 1. The van der Waals surface area contributed by atoms with Gasteiger partial charge in [-0.1, -0.05) is 11.6 Å². The molecule has 2 aromatic rings. The van der Waals surface area contributed by atoms with Gasteiger partial charge in [0.1, 0.15) is 11.5 Å². The van der Waals surface area contributed by atoms with Crippen LogP contribution in [-0.4, -0.2) is 46.4 Å². The quantitative estimate of drug-likeness (QED) is 0.701. The van der Waals surface area contributed by atoms with Gasteiger partial charge in [0.05, 0.1) is 31.7 Å². The molecule has 0 aliphatic carbocycles. The maximum atomic E-state index is 12.6. The van der Waals surface area contributed by atoms with E-state index in [1.54, 1.807) is 32.2 Å². The summed E-state index contributed by atoms with van der Waals surface area (Å²) in [6.07, 6.45) is 0. The van der Waals surface area contributed by atoms with Crippen LogP contribution in [-0.2, 0) is 14.8 Å². The van der Waals surface area contributed by atoms with Crippen molar-refractivity contribution in [2.45, 2.75) is 17.9 Å². The van der Waals surface area contributed by atoms with Crippen LogP contribution in [0.3, 0.4) is 0 Å². The van der Waals surface area contributed by atoms with Gasteiger partial charge in [0.2, 0.25) is 15.9 Å². The first-order valence-corrected chi connectivity index (χ1v) is 10.2. The summed E-state index contributed by atoms with van der Waals surface area (Å²) < 4.78 is 36.7. The first-order chi connectivity index (χ1) is 13.2. The number of ether oxygens (including phenoxy) is 2. The highest BCUT2D eigenvalue weighted by molar-refractivity contribution is 7.89. The van der Waals surface area contributed by atoms with Crippen molar-refractivity contribution < 1.29 is 22.7 Å². The van der Waals surface area contributed by atoms with Crippen LogP contribution in [0.25, 0.3) is 0 Å². The van der Waals surface area contributed by atoms with Crippen LogP contribution >= 0.6 is 11.6 Å². The van der Waals surface area contributed by atoms with Crippen LogP contribution in [0.1, 0.15) is 18.5 Å². The zero-order valence-corrected chi connectivity index (χ0v) is 17.7. The van der Waals surface area contributed by atoms with Crippen molar-refractivity contribution in [3.8, 4) is 11.5 Å². The van der Waals surface area contributed by atoms with Gasteiger partial charge in [-0.05, 0) is 49.4 Å². The van der Waals surface area contributed by atoms with Crippen molar-refractivity contribution in [1.82, 2.24) is 9.62 Å². The zero-order valence-electron chi connectivity index (χ0n) is 16.1. The lowest BCUT2D eigenvalue weighted by molar-refractivity contribution is -0.121. The fraction of sp³-hybridized carbons (Fsp3) is 0.316. The average Bonchev–Trinajstić information content (AvgIpc) is 2.67. The Bertz CT molecular complexity index is 932. The van der Waals surface area contributed by atoms with Gasteiger partial charge in [0, 0.05) is 17.6 Å². The summed E-state index contributed by atoms with van der Waals surface area (Å²) in [4.78, 5) is 12.5. The molecule has 9 heteroatoms. The van der Waals surface area contributed by atoms with E-state index in [0.717, 1.165) is 9.87 Å². The molecule has 7 nitrogen and oxygen atoms in total. The van der Waals surface area contributed by atoms with Gasteiger partial charge in [-0.25, -0.2) is 8.42 Å². The number of benzene rings is 2. The maximum Gasteiger partial charge on any atom is 0.243 e. The number of rotatable bonds is 8. The van der Waals surface area contributed by atoms with E-state index in [2.05, 4.69) is 5.32 Å². The third-order valence-corrected chi connectivity index (χ3v) is 6.24. The molecule has 0 aliphatic rings. The number of halogens is 1. The Hall–Kier alpha value is -2.29. The number of likely N-dealkylation sites (N-methyl/N-ethyl adjacent to an activating group) is 1. The van der Waals surface area contributed by atoms with Crippen molar-refractivity contribution >= 4 is 27.5 Å². The second-order valence-corrected chi connectivity index (χ2v) is 8.59. The summed E-state index contributed by atoms with van der Waals surface area (Å²) in [5, 5.41) is 3.22. The van der Waals surface area contributed by atoms with E-state index in [-0.39, 0.29) is 11.4 Å². The number of methoxy groups -OCH3 is 2. The Kier molecular flexibility index (Phi) is 7.29. The van der Waals surface area contributed by atoms with Crippen LogP contribution in [0, 0.1) is 0 Å². The number of amides is 1. The molecule has 2 rings (SSSR count). The number of nitrogens with zero attached hydrogens (tertiary/aromatic N) is 1. The topological polar surface area (TPSA) is 84.9 Å². The Labute approximate surface area is 170 Å². The minimum absolute atomic E-state index is 0.0645. The van der Waals surface area contributed by atoms with Gasteiger partial charge in [-0.2, -0.15) is 4.31 Å². The minimum atomic E-state index is -3.81. The highest BCUT2D eigenvalue weighted by atomic mass is 35.5. The smallest absolute Gasteiger partial charge is 0.243 e. The third kappa shape index (κ3) is 5.15. The number of sulfonamides is 1. The highest BCUT2D eigenvalue weighted by Crippen LogP contribution is 2.29. The fourth-order valence-corrected chi connectivity index (χ4v) is 3.87. The van der Waals surface area contributed by atoms with Gasteiger partial charge in [0.25, 0.3) is 0 Å². The molecule has 2 aromatic carbocycles. The highest BCUT2D eigenvalue weighted by Gasteiger charge is 2.24. The Morgan fingerprint density at radius 3 is 2.36 bits per heavy atom. The lowest BCUT2D eigenvalue weighted by Gasteiger charge is -2.21. The van der Waals surface area contributed by atoms with Crippen LogP contribution in [0.2, 0.25) is 5.02 Å². The number of hydrogen-bond acceptors (Lipinski definition) is 5. The second kappa shape index (κ2) is 9.27. The van der Waals surface area contributed by atoms with Crippen molar-refractivity contribution in [2.75, 3.05) is 27.8 Å². The average molecular weight is 427 g/mol. The van der Waals surface area contributed by atoms with Crippen LogP contribution in [0.4, 0.5) is 0 Å². The number of carbonyl (C=O) groups is 1. The molecule has 0 bridgehead atoms. The summed E-state index contributed by atoms with van der Waals surface area (Å²) >= 11 is 5.80. The SMILES string of the molecule is COc1ccc(OC)c([C@@H](C)NC(=O)CN(C)S(=O)(=O)c2ccc(Cl)cc2)c1. The predicted octanol–water partition coefficient (Wildman–Crippen LogP) is 2.86. The molecular formula is C19H23ClN2O5S. The molecule has 0 radical (unpaired) electrons. The van der Waals surface area contributed by atoms with Crippen molar-refractivity contribution in [2.24, 2.45) is 0 Å². The van der Waals surface area contributed by atoms with Gasteiger partial charge < -0.3 is 14.8 Å². The van der Waals surface area contributed by atoms with Gasteiger partial charge in [0.15, 0.2) is 0 Å². The molecule has 0 aromatic heterocycles.